The molecule has 0 spiro atoms. The molecule has 0 radical (unpaired) electrons. The minimum absolute atomic E-state index is 0.406. The van der Waals surface area contributed by atoms with Gasteiger partial charge in [0, 0.05) is 48.8 Å². The maximum atomic E-state index is 6.32. The Hall–Kier alpha value is -0.940. The van der Waals surface area contributed by atoms with Crippen LogP contribution in [0, 0.1) is 0 Å². The van der Waals surface area contributed by atoms with Crippen LogP contribution >= 0.6 is 23.4 Å². The molecule has 2 aliphatic heterocycles. The number of likely N-dealkylation sites (N-methyl/N-ethyl adjacent to an activating group) is 1. The van der Waals surface area contributed by atoms with E-state index in [1.54, 1.807) is 0 Å². The molecular formula is C18H22ClN3S. The molecule has 0 bridgehead atoms. The third-order valence-corrected chi connectivity index (χ3v) is 6.40. The van der Waals surface area contributed by atoms with Gasteiger partial charge in [0.1, 0.15) is 0 Å². The highest BCUT2D eigenvalue weighted by molar-refractivity contribution is 7.99. The number of rotatable bonds is 2. The first-order valence-corrected chi connectivity index (χ1v) is 9.53. The molecule has 1 aromatic carbocycles. The normalized spacial score (nSPS) is 22.4. The molecule has 0 unspecified atom stereocenters. The topological polar surface area (TPSA) is 11.4 Å². The summed E-state index contributed by atoms with van der Waals surface area (Å²) in [5.74, 6) is 0. The summed E-state index contributed by atoms with van der Waals surface area (Å²) in [4.78, 5) is 6.51. The van der Waals surface area contributed by atoms with Gasteiger partial charge in [-0.15, -0.1) is 0 Å². The minimum Gasteiger partial charge on any atom is -0.341 e. The first-order valence-electron chi connectivity index (χ1n) is 8.33. The molecule has 0 aliphatic carbocycles. The molecule has 2 aliphatic rings. The highest BCUT2D eigenvalue weighted by Gasteiger charge is 2.29. The molecular weight excluding hydrogens is 326 g/mol. The lowest BCUT2D eigenvalue weighted by molar-refractivity contribution is 0.0895. The SMILES string of the molecule is CCN1CCN([C@@H]2Cn3cccc3Sc3ccc(Cl)cc32)CC1. The third-order valence-electron chi connectivity index (χ3n) is 5.00. The number of aromatic nitrogens is 1. The number of piperazine rings is 1. The van der Waals surface area contributed by atoms with Crippen molar-refractivity contribution in [3.63, 3.8) is 0 Å². The van der Waals surface area contributed by atoms with Crippen LogP contribution in [0.3, 0.4) is 0 Å². The average molecular weight is 348 g/mol. The van der Waals surface area contributed by atoms with Crippen molar-refractivity contribution in [2.24, 2.45) is 0 Å². The van der Waals surface area contributed by atoms with Crippen LogP contribution in [-0.4, -0.2) is 47.1 Å². The maximum Gasteiger partial charge on any atom is 0.0797 e. The zero-order valence-corrected chi connectivity index (χ0v) is 15.0. The van der Waals surface area contributed by atoms with Crippen molar-refractivity contribution >= 4 is 23.4 Å². The molecule has 2 aromatic rings. The summed E-state index contributed by atoms with van der Waals surface area (Å²) in [6.45, 7) is 8.99. The van der Waals surface area contributed by atoms with E-state index in [-0.39, 0.29) is 0 Å². The van der Waals surface area contributed by atoms with Crippen molar-refractivity contribution in [2.45, 2.75) is 29.4 Å². The minimum atomic E-state index is 0.406. The lowest BCUT2D eigenvalue weighted by Crippen LogP contribution is -2.48. The molecule has 0 saturated carbocycles. The van der Waals surface area contributed by atoms with Gasteiger partial charge in [-0.05, 0) is 42.4 Å². The monoisotopic (exact) mass is 347 g/mol. The van der Waals surface area contributed by atoms with E-state index in [0.29, 0.717) is 6.04 Å². The summed E-state index contributed by atoms with van der Waals surface area (Å²) in [6.07, 6.45) is 2.20. The molecule has 4 rings (SSSR count). The van der Waals surface area contributed by atoms with E-state index >= 15 is 0 Å². The smallest absolute Gasteiger partial charge is 0.0797 e. The summed E-state index contributed by atoms with van der Waals surface area (Å²) in [7, 11) is 0. The molecule has 0 N–H and O–H groups in total. The van der Waals surface area contributed by atoms with E-state index in [1.165, 1.54) is 15.5 Å². The molecule has 0 amide bonds. The number of hydrogen-bond donors (Lipinski definition) is 0. The van der Waals surface area contributed by atoms with Crippen molar-refractivity contribution in [3.05, 3.63) is 47.1 Å². The maximum absolute atomic E-state index is 6.32. The van der Waals surface area contributed by atoms with Gasteiger partial charge in [0.2, 0.25) is 0 Å². The molecule has 23 heavy (non-hydrogen) atoms. The average Bonchev–Trinajstić information content (AvgIpc) is 2.95. The second kappa shape index (κ2) is 6.52. The highest BCUT2D eigenvalue weighted by Crippen LogP contribution is 2.41. The van der Waals surface area contributed by atoms with Crippen molar-refractivity contribution in [1.29, 1.82) is 0 Å². The largest absolute Gasteiger partial charge is 0.341 e. The van der Waals surface area contributed by atoms with Gasteiger partial charge >= 0.3 is 0 Å². The van der Waals surface area contributed by atoms with Crippen LogP contribution < -0.4 is 0 Å². The van der Waals surface area contributed by atoms with Gasteiger partial charge < -0.3 is 9.47 Å². The van der Waals surface area contributed by atoms with Crippen LogP contribution in [0.25, 0.3) is 0 Å². The van der Waals surface area contributed by atoms with Crippen LogP contribution in [-0.2, 0) is 6.54 Å². The Bertz CT molecular complexity index is 691. The van der Waals surface area contributed by atoms with Crippen molar-refractivity contribution < 1.29 is 0 Å². The molecule has 3 heterocycles. The van der Waals surface area contributed by atoms with Gasteiger partial charge in [0.05, 0.1) is 11.1 Å². The molecule has 1 fully saturated rings. The van der Waals surface area contributed by atoms with Gasteiger partial charge in [-0.3, -0.25) is 4.90 Å². The molecule has 122 valence electrons. The quantitative estimate of drug-likeness (QED) is 0.814. The number of benzene rings is 1. The van der Waals surface area contributed by atoms with Gasteiger partial charge in [0.15, 0.2) is 0 Å². The first-order chi connectivity index (χ1) is 11.2. The summed E-state index contributed by atoms with van der Waals surface area (Å²) in [5.41, 5.74) is 1.39. The molecule has 1 atom stereocenters. The van der Waals surface area contributed by atoms with Gasteiger partial charge in [-0.2, -0.15) is 0 Å². The second-order valence-corrected chi connectivity index (χ2v) is 7.77. The van der Waals surface area contributed by atoms with E-state index in [0.717, 1.165) is 44.3 Å². The van der Waals surface area contributed by atoms with Gasteiger partial charge in [-0.1, -0.05) is 30.3 Å². The van der Waals surface area contributed by atoms with Crippen molar-refractivity contribution in [3.8, 4) is 0 Å². The van der Waals surface area contributed by atoms with E-state index < -0.39 is 0 Å². The zero-order chi connectivity index (χ0) is 15.8. The standard InChI is InChI=1S/C18H22ClN3S/c1-2-20-8-10-21(11-9-20)16-13-22-7-3-4-18(22)23-17-6-5-14(19)12-15(16)17/h3-7,12,16H,2,8-11,13H2,1H3/t16-/m1/s1. The lowest BCUT2D eigenvalue weighted by atomic mass is 10.0. The van der Waals surface area contributed by atoms with Crippen LogP contribution in [0.5, 0.6) is 0 Å². The molecule has 3 nitrogen and oxygen atoms in total. The highest BCUT2D eigenvalue weighted by atomic mass is 35.5. The molecule has 5 heteroatoms. The Morgan fingerprint density at radius 3 is 2.78 bits per heavy atom. The first kappa shape index (κ1) is 15.6. The van der Waals surface area contributed by atoms with Crippen LogP contribution in [0.4, 0.5) is 0 Å². The fourth-order valence-electron chi connectivity index (χ4n) is 3.62. The fourth-order valence-corrected chi connectivity index (χ4v) is 4.87. The lowest BCUT2D eigenvalue weighted by Gasteiger charge is -2.39. The van der Waals surface area contributed by atoms with Crippen LogP contribution in [0.2, 0.25) is 5.02 Å². The Morgan fingerprint density at radius 2 is 2.00 bits per heavy atom. The fraction of sp³-hybridized carbons (Fsp3) is 0.444. The molecule has 1 aromatic heterocycles. The van der Waals surface area contributed by atoms with E-state index in [4.69, 9.17) is 11.6 Å². The van der Waals surface area contributed by atoms with Crippen molar-refractivity contribution in [2.75, 3.05) is 32.7 Å². The predicted molar refractivity (Wildman–Crippen MR) is 96.4 cm³/mol. The Kier molecular flexibility index (Phi) is 4.41. The van der Waals surface area contributed by atoms with Gasteiger partial charge in [-0.25, -0.2) is 0 Å². The van der Waals surface area contributed by atoms with Gasteiger partial charge in [0.25, 0.3) is 0 Å². The predicted octanol–water partition coefficient (Wildman–Crippen LogP) is 3.98. The molecule has 1 saturated heterocycles. The summed E-state index contributed by atoms with van der Waals surface area (Å²) < 4.78 is 2.38. The van der Waals surface area contributed by atoms with Crippen LogP contribution in [0.15, 0.2) is 46.5 Å². The zero-order valence-electron chi connectivity index (χ0n) is 13.4. The van der Waals surface area contributed by atoms with Crippen LogP contribution in [0.1, 0.15) is 18.5 Å². The van der Waals surface area contributed by atoms with E-state index in [1.807, 2.05) is 17.8 Å². The third kappa shape index (κ3) is 3.05. The van der Waals surface area contributed by atoms with E-state index in [2.05, 4.69) is 51.8 Å². The number of nitrogens with zero attached hydrogens (tertiary/aromatic N) is 3. The second-order valence-electron chi connectivity index (χ2n) is 6.27. The number of fused-ring (bicyclic) bond motifs is 2. The number of halogens is 1. The van der Waals surface area contributed by atoms with E-state index in [9.17, 15) is 0 Å². The Balaban J connectivity index is 1.69. The number of hydrogen-bond acceptors (Lipinski definition) is 3. The van der Waals surface area contributed by atoms with Crippen molar-refractivity contribution in [1.82, 2.24) is 14.4 Å². The Morgan fingerprint density at radius 1 is 1.17 bits per heavy atom. The summed E-state index contributed by atoms with van der Waals surface area (Å²) in [6, 6.07) is 11.1. The Labute approximate surface area is 147 Å². The summed E-state index contributed by atoms with van der Waals surface area (Å²) in [5, 5.41) is 2.16. The summed E-state index contributed by atoms with van der Waals surface area (Å²) >= 11 is 8.18.